The summed E-state index contributed by atoms with van der Waals surface area (Å²) in [5, 5.41) is 3.81. The molecule has 1 heteroatoms. The molecule has 1 N–H and O–H groups in total. The number of hydrogen-bond acceptors (Lipinski definition) is 1. The van der Waals surface area contributed by atoms with Crippen LogP contribution in [0.3, 0.4) is 0 Å². The maximum absolute atomic E-state index is 3.81. The van der Waals surface area contributed by atoms with E-state index in [0.29, 0.717) is 0 Å². The minimum atomic E-state index is 0.774. The van der Waals surface area contributed by atoms with E-state index in [1.807, 2.05) is 0 Å². The molecule has 3 unspecified atom stereocenters. The first kappa shape index (κ1) is 13.2. The summed E-state index contributed by atoms with van der Waals surface area (Å²) < 4.78 is 0. The van der Waals surface area contributed by atoms with Crippen molar-refractivity contribution in [2.45, 2.75) is 57.4 Å². The van der Waals surface area contributed by atoms with Gasteiger partial charge in [-0.1, -0.05) is 56.5 Å². The van der Waals surface area contributed by atoms with E-state index in [1.165, 1.54) is 38.5 Å². The highest BCUT2D eigenvalue weighted by atomic mass is 14.9. The van der Waals surface area contributed by atoms with Crippen molar-refractivity contribution in [3.05, 3.63) is 35.9 Å². The number of rotatable bonds is 5. The Hall–Kier alpha value is -0.820. The van der Waals surface area contributed by atoms with Gasteiger partial charge in [-0.05, 0) is 49.1 Å². The van der Waals surface area contributed by atoms with E-state index in [2.05, 4.69) is 42.6 Å². The normalized spacial score (nSPS) is 29.1. The zero-order valence-electron chi connectivity index (χ0n) is 12.1. The summed E-state index contributed by atoms with van der Waals surface area (Å²) in [6.07, 6.45) is 8.68. The van der Waals surface area contributed by atoms with E-state index < -0.39 is 0 Å². The van der Waals surface area contributed by atoms with Gasteiger partial charge >= 0.3 is 0 Å². The molecule has 0 aliphatic heterocycles. The van der Waals surface area contributed by atoms with Crippen molar-refractivity contribution >= 4 is 0 Å². The zero-order valence-corrected chi connectivity index (χ0v) is 12.1. The van der Waals surface area contributed by atoms with Crippen molar-refractivity contribution in [3.8, 4) is 0 Å². The van der Waals surface area contributed by atoms with Crippen LogP contribution in [-0.2, 0) is 0 Å². The maximum atomic E-state index is 3.81. The first-order valence-corrected chi connectivity index (χ1v) is 8.18. The Morgan fingerprint density at radius 2 is 1.84 bits per heavy atom. The summed E-state index contributed by atoms with van der Waals surface area (Å²) in [5.41, 5.74) is 1.56. The van der Waals surface area contributed by atoms with E-state index in [1.54, 1.807) is 5.56 Å². The molecule has 0 heterocycles. The lowest BCUT2D eigenvalue weighted by atomic mass is 9.81. The van der Waals surface area contributed by atoms with Crippen molar-refractivity contribution in [1.82, 2.24) is 5.32 Å². The lowest BCUT2D eigenvalue weighted by Gasteiger charge is -2.31. The summed E-state index contributed by atoms with van der Waals surface area (Å²) in [4.78, 5) is 0. The van der Waals surface area contributed by atoms with Crippen LogP contribution in [0.25, 0.3) is 0 Å². The van der Waals surface area contributed by atoms with Crippen LogP contribution in [0.2, 0.25) is 0 Å². The molecule has 2 fully saturated rings. The lowest BCUT2D eigenvalue weighted by molar-refractivity contribution is 0.248. The monoisotopic (exact) mass is 257 g/mol. The molecular weight excluding hydrogens is 230 g/mol. The van der Waals surface area contributed by atoms with E-state index in [9.17, 15) is 0 Å². The molecular formula is C18H27N. The predicted molar refractivity (Wildman–Crippen MR) is 81.3 cm³/mol. The summed E-state index contributed by atoms with van der Waals surface area (Å²) >= 11 is 0. The van der Waals surface area contributed by atoms with Crippen LogP contribution < -0.4 is 5.32 Å². The fraction of sp³-hybridized carbons (Fsp3) is 0.667. The highest BCUT2D eigenvalue weighted by Gasteiger charge is 2.45. The Labute approximate surface area is 117 Å². The Morgan fingerprint density at radius 3 is 2.53 bits per heavy atom. The van der Waals surface area contributed by atoms with Gasteiger partial charge in [0, 0.05) is 6.04 Å². The van der Waals surface area contributed by atoms with Gasteiger partial charge < -0.3 is 5.32 Å². The molecule has 19 heavy (non-hydrogen) atoms. The second-order valence-electron chi connectivity index (χ2n) is 6.40. The molecule has 2 saturated carbocycles. The van der Waals surface area contributed by atoms with Gasteiger partial charge in [0.25, 0.3) is 0 Å². The fourth-order valence-electron chi connectivity index (χ4n) is 4.09. The standard InChI is InChI=1S/C18H27N/c1-2-19-18(15-11-7-4-8-12-15)17-13-16(17)14-9-5-3-6-10-14/h3,5-6,9-10,15-19H,2,4,7-8,11-13H2,1H3. The van der Waals surface area contributed by atoms with Crippen molar-refractivity contribution in [1.29, 1.82) is 0 Å². The van der Waals surface area contributed by atoms with Gasteiger partial charge in [0.05, 0.1) is 0 Å². The second-order valence-corrected chi connectivity index (χ2v) is 6.40. The predicted octanol–water partition coefficient (Wildman–Crippen LogP) is 4.35. The molecule has 0 radical (unpaired) electrons. The third kappa shape index (κ3) is 3.02. The van der Waals surface area contributed by atoms with Gasteiger partial charge in [0.1, 0.15) is 0 Å². The first-order chi connectivity index (χ1) is 9.40. The third-order valence-electron chi connectivity index (χ3n) is 5.13. The van der Waals surface area contributed by atoms with Crippen LogP contribution in [0.5, 0.6) is 0 Å². The van der Waals surface area contributed by atoms with Gasteiger partial charge in [0.2, 0.25) is 0 Å². The highest BCUT2D eigenvalue weighted by molar-refractivity contribution is 5.27. The Kier molecular flexibility index (Phi) is 4.22. The summed E-state index contributed by atoms with van der Waals surface area (Å²) in [7, 11) is 0. The summed E-state index contributed by atoms with van der Waals surface area (Å²) in [6.45, 7) is 3.38. The minimum absolute atomic E-state index is 0.774. The molecule has 3 atom stereocenters. The molecule has 1 aromatic carbocycles. The quantitative estimate of drug-likeness (QED) is 0.827. The molecule has 0 amide bonds. The average Bonchev–Trinajstić information content (AvgIpc) is 3.27. The smallest absolute Gasteiger partial charge is 0.0129 e. The Balaban J connectivity index is 1.65. The first-order valence-electron chi connectivity index (χ1n) is 8.18. The van der Waals surface area contributed by atoms with E-state index in [0.717, 1.165) is 30.3 Å². The van der Waals surface area contributed by atoms with Gasteiger partial charge in [-0.25, -0.2) is 0 Å². The van der Waals surface area contributed by atoms with Crippen LogP contribution in [0.1, 0.15) is 56.9 Å². The summed E-state index contributed by atoms with van der Waals surface area (Å²) in [6, 6.07) is 11.9. The largest absolute Gasteiger partial charge is 0.314 e. The maximum Gasteiger partial charge on any atom is 0.0129 e. The van der Waals surface area contributed by atoms with Crippen molar-refractivity contribution in [3.63, 3.8) is 0 Å². The van der Waals surface area contributed by atoms with Gasteiger partial charge in [-0.2, -0.15) is 0 Å². The van der Waals surface area contributed by atoms with Crippen LogP contribution in [-0.4, -0.2) is 12.6 Å². The van der Waals surface area contributed by atoms with Crippen LogP contribution >= 0.6 is 0 Å². The third-order valence-corrected chi connectivity index (χ3v) is 5.13. The van der Waals surface area contributed by atoms with E-state index >= 15 is 0 Å². The molecule has 1 nitrogen and oxygen atoms in total. The molecule has 0 aromatic heterocycles. The fourth-order valence-corrected chi connectivity index (χ4v) is 4.09. The SMILES string of the molecule is CCNC(C1CCCCC1)C1CC1c1ccccc1. The van der Waals surface area contributed by atoms with Crippen molar-refractivity contribution in [2.24, 2.45) is 11.8 Å². The number of benzene rings is 1. The minimum Gasteiger partial charge on any atom is -0.314 e. The van der Waals surface area contributed by atoms with Crippen molar-refractivity contribution < 1.29 is 0 Å². The van der Waals surface area contributed by atoms with E-state index in [-0.39, 0.29) is 0 Å². The van der Waals surface area contributed by atoms with E-state index in [4.69, 9.17) is 0 Å². The van der Waals surface area contributed by atoms with Gasteiger partial charge in [-0.15, -0.1) is 0 Å². The highest BCUT2D eigenvalue weighted by Crippen LogP contribution is 2.52. The molecule has 2 aliphatic rings. The van der Waals surface area contributed by atoms with Crippen molar-refractivity contribution in [2.75, 3.05) is 6.54 Å². The van der Waals surface area contributed by atoms with Crippen LogP contribution in [0.15, 0.2) is 30.3 Å². The molecule has 104 valence electrons. The second kappa shape index (κ2) is 6.09. The molecule has 0 spiro atoms. The lowest BCUT2D eigenvalue weighted by Crippen LogP contribution is -2.39. The number of hydrogen-bond donors (Lipinski definition) is 1. The summed E-state index contributed by atoms with van der Waals surface area (Å²) in [5.74, 6) is 2.66. The number of nitrogens with one attached hydrogen (secondary N) is 1. The Bertz CT molecular complexity index is 380. The van der Waals surface area contributed by atoms with Gasteiger partial charge in [0.15, 0.2) is 0 Å². The average molecular weight is 257 g/mol. The molecule has 1 aromatic rings. The Morgan fingerprint density at radius 1 is 1.11 bits per heavy atom. The van der Waals surface area contributed by atoms with Crippen LogP contribution in [0, 0.1) is 11.8 Å². The molecule has 0 saturated heterocycles. The molecule has 3 rings (SSSR count). The topological polar surface area (TPSA) is 12.0 Å². The van der Waals surface area contributed by atoms with Crippen LogP contribution in [0.4, 0.5) is 0 Å². The zero-order chi connectivity index (χ0) is 13.1. The molecule has 0 bridgehead atoms. The molecule has 2 aliphatic carbocycles. The van der Waals surface area contributed by atoms with Gasteiger partial charge in [-0.3, -0.25) is 0 Å².